The molecule has 0 bridgehead atoms. The average molecular weight is 423 g/mol. The number of aryl methyl sites for hydroxylation is 1. The molecule has 0 aliphatic heterocycles. The number of rotatable bonds is 4. The highest BCUT2D eigenvalue weighted by molar-refractivity contribution is 7.80. The van der Waals surface area contributed by atoms with Crippen LogP contribution in [0.25, 0.3) is 0 Å². The molecular weight excluding hydrogens is 400 g/mol. The zero-order chi connectivity index (χ0) is 19.2. The molecule has 0 radical (unpaired) electrons. The maximum absolute atomic E-state index is 12.4. The van der Waals surface area contributed by atoms with Crippen LogP contribution in [0.1, 0.15) is 52.0 Å². The van der Waals surface area contributed by atoms with Crippen molar-refractivity contribution in [2.45, 2.75) is 45.1 Å². The molecule has 27 heavy (non-hydrogen) atoms. The van der Waals surface area contributed by atoms with Gasteiger partial charge in [-0.15, -0.1) is 11.3 Å². The number of ether oxygens (including phenoxy) is 1. The van der Waals surface area contributed by atoms with Crippen LogP contribution < -0.4 is 10.6 Å². The van der Waals surface area contributed by atoms with Crippen LogP contribution in [0.4, 0.5) is 5.00 Å². The van der Waals surface area contributed by atoms with E-state index >= 15 is 0 Å². The molecule has 1 aromatic heterocycles. The summed E-state index contributed by atoms with van der Waals surface area (Å²) in [5, 5.41) is 8.34. The molecule has 1 aromatic carbocycles. The Kier molecular flexibility index (Phi) is 7.10. The second kappa shape index (κ2) is 9.53. The number of nitrogens with one attached hydrogen (secondary N) is 2. The highest BCUT2D eigenvalue weighted by Gasteiger charge is 2.25. The van der Waals surface area contributed by atoms with Crippen LogP contribution in [0, 0.1) is 0 Å². The van der Waals surface area contributed by atoms with Crippen molar-refractivity contribution in [3.8, 4) is 0 Å². The van der Waals surface area contributed by atoms with E-state index in [9.17, 15) is 4.79 Å². The molecule has 3 rings (SSSR count). The molecule has 0 spiro atoms. The molecular formula is C20H23ClN2O2S2. The smallest absolute Gasteiger partial charge is 0.341 e. The minimum absolute atomic E-state index is 0.298. The fraction of sp³-hybridized carbons (Fsp3) is 0.400. The van der Waals surface area contributed by atoms with Gasteiger partial charge in [0, 0.05) is 16.4 Å². The van der Waals surface area contributed by atoms with Crippen molar-refractivity contribution in [2.24, 2.45) is 0 Å². The number of thiocarbonyl (C=S) groups is 1. The van der Waals surface area contributed by atoms with Crippen molar-refractivity contribution in [3.63, 3.8) is 0 Å². The molecule has 2 N–H and O–H groups in total. The Morgan fingerprint density at radius 2 is 2.04 bits per heavy atom. The Balaban J connectivity index is 1.75. The number of fused-ring (bicyclic) bond motifs is 1. The van der Waals surface area contributed by atoms with Gasteiger partial charge in [-0.05, 0) is 61.2 Å². The first-order valence-electron chi connectivity index (χ1n) is 9.10. The number of esters is 1. The van der Waals surface area contributed by atoms with Gasteiger partial charge >= 0.3 is 5.97 Å². The van der Waals surface area contributed by atoms with E-state index in [2.05, 4.69) is 10.6 Å². The first-order valence-corrected chi connectivity index (χ1v) is 10.7. The number of methoxy groups -OCH3 is 1. The lowest BCUT2D eigenvalue weighted by Crippen LogP contribution is -2.28. The second-order valence-electron chi connectivity index (χ2n) is 6.55. The molecule has 4 nitrogen and oxygen atoms in total. The third-order valence-electron chi connectivity index (χ3n) is 4.63. The Hall–Kier alpha value is -1.63. The summed E-state index contributed by atoms with van der Waals surface area (Å²) in [5.74, 6) is -0.298. The van der Waals surface area contributed by atoms with Crippen molar-refractivity contribution in [3.05, 3.63) is 50.9 Å². The fourth-order valence-electron chi connectivity index (χ4n) is 3.30. The van der Waals surface area contributed by atoms with Gasteiger partial charge in [-0.1, -0.05) is 36.6 Å². The molecule has 144 valence electrons. The van der Waals surface area contributed by atoms with Gasteiger partial charge in [0.05, 0.1) is 12.7 Å². The van der Waals surface area contributed by atoms with Crippen molar-refractivity contribution in [1.29, 1.82) is 0 Å². The van der Waals surface area contributed by atoms with Crippen molar-refractivity contribution >= 4 is 51.2 Å². The highest BCUT2D eigenvalue weighted by Crippen LogP contribution is 2.37. The molecule has 1 aliphatic carbocycles. The number of carbonyl (C=O) groups is 1. The van der Waals surface area contributed by atoms with E-state index in [0.29, 0.717) is 22.2 Å². The SMILES string of the molecule is COC(=O)c1c(NC(=S)NCc2cccc(Cl)c2)sc2c1CCCCCC2. The summed E-state index contributed by atoms with van der Waals surface area (Å²) in [5.41, 5.74) is 2.82. The van der Waals surface area contributed by atoms with Gasteiger partial charge in [0.1, 0.15) is 5.00 Å². The maximum atomic E-state index is 12.4. The van der Waals surface area contributed by atoms with Crippen molar-refractivity contribution in [1.82, 2.24) is 5.32 Å². The van der Waals surface area contributed by atoms with Gasteiger partial charge in [0.25, 0.3) is 0 Å². The van der Waals surface area contributed by atoms with Crippen LogP contribution in [-0.2, 0) is 24.1 Å². The van der Waals surface area contributed by atoms with Crippen LogP contribution in [0.15, 0.2) is 24.3 Å². The Morgan fingerprint density at radius 1 is 1.26 bits per heavy atom. The van der Waals surface area contributed by atoms with Gasteiger partial charge < -0.3 is 15.4 Å². The Morgan fingerprint density at radius 3 is 2.78 bits per heavy atom. The average Bonchev–Trinajstić information content (AvgIpc) is 2.95. The first-order chi connectivity index (χ1) is 13.1. The lowest BCUT2D eigenvalue weighted by molar-refractivity contribution is 0.0601. The molecule has 2 aromatic rings. The van der Waals surface area contributed by atoms with Gasteiger partial charge in [0.2, 0.25) is 0 Å². The summed E-state index contributed by atoms with van der Waals surface area (Å²) in [6.07, 6.45) is 6.64. The summed E-state index contributed by atoms with van der Waals surface area (Å²) in [7, 11) is 1.43. The quantitative estimate of drug-likeness (QED) is 0.514. The number of carbonyl (C=O) groups excluding carboxylic acids is 1. The summed E-state index contributed by atoms with van der Waals surface area (Å²) in [4.78, 5) is 13.7. The Bertz CT molecular complexity index is 835. The van der Waals surface area contributed by atoms with Crippen LogP contribution in [-0.4, -0.2) is 18.2 Å². The topological polar surface area (TPSA) is 50.4 Å². The summed E-state index contributed by atoms with van der Waals surface area (Å²) in [6, 6.07) is 7.63. The molecule has 0 saturated heterocycles. The zero-order valence-corrected chi connectivity index (χ0v) is 17.7. The Labute approximate surface area is 174 Å². The summed E-state index contributed by atoms with van der Waals surface area (Å²) in [6.45, 7) is 0.561. The molecule has 1 aliphatic rings. The third-order valence-corrected chi connectivity index (χ3v) is 6.32. The van der Waals surface area contributed by atoms with Gasteiger partial charge in [-0.3, -0.25) is 0 Å². The maximum Gasteiger partial charge on any atom is 0.341 e. The zero-order valence-electron chi connectivity index (χ0n) is 15.3. The van der Waals surface area contributed by atoms with Crippen molar-refractivity contribution < 1.29 is 9.53 Å². The van der Waals surface area contributed by atoms with Gasteiger partial charge in [-0.2, -0.15) is 0 Å². The first kappa shape index (κ1) is 20.1. The van der Waals surface area contributed by atoms with Gasteiger partial charge in [-0.25, -0.2) is 4.79 Å². The van der Waals surface area contributed by atoms with E-state index in [1.807, 2.05) is 24.3 Å². The van der Waals surface area contributed by atoms with Gasteiger partial charge in [0.15, 0.2) is 5.11 Å². The second-order valence-corrected chi connectivity index (χ2v) is 8.50. The van der Waals surface area contributed by atoms with E-state index in [-0.39, 0.29) is 5.97 Å². The van der Waals surface area contributed by atoms with Crippen LogP contribution >= 0.6 is 35.2 Å². The standard InChI is InChI=1S/C20H23ClN2O2S2/c1-25-19(24)17-15-9-4-2-3-5-10-16(15)27-18(17)23-20(26)22-12-13-7-6-8-14(21)11-13/h6-8,11H,2-5,9-10,12H2,1H3,(H2,22,23,26). The molecule has 0 atom stereocenters. The number of hydrogen-bond donors (Lipinski definition) is 2. The third kappa shape index (κ3) is 5.21. The monoisotopic (exact) mass is 422 g/mol. The van der Waals surface area contributed by atoms with Crippen molar-refractivity contribution in [2.75, 3.05) is 12.4 Å². The summed E-state index contributed by atoms with van der Waals surface area (Å²) >= 11 is 13.1. The van der Waals surface area contributed by atoms with Crippen LogP contribution in [0.3, 0.4) is 0 Å². The van der Waals surface area contributed by atoms with E-state index in [4.69, 9.17) is 28.6 Å². The number of thiophene rings is 1. The lowest BCUT2D eigenvalue weighted by Gasteiger charge is -2.12. The number of hydrogen-bond acceptors (Lipinski definition) is 4. The van der Waals surface area contributed by atoms with Crippen LogP contribution in [0.5, 0.6) is 0 Å². The molecule has 0 amide bonds. The fourth-order valence-corrected chi connectivity index (χ4v) is 5.04. The lowest BCUT2D eigenvalue weighted by atomic mass is 9.96. The van der Waals surface area contributed by atoms with E-state index < -0.39 is 0 Å². The van der Waals surface area contributed by atoms with E-state index in [1.54, 1.807) is 11.3 Å². The molecule has 1 heterocycles. The van der Waals surface area contributed by atoms with E-state index in [1.165, 1.54) is 24.8 Å². The number of halogens is 1. The minimum Gasteiger partial charge on any atom is -0.465 e. The molecule has 0 saturated carbocycles. The largest absolute Gasteiger partial charge is 0.465 e. The number of benzene rings is 1. The normalized spacial score (nSPS) is 13.9. The molecule has 7 heteroatoms. The predicted octanol–water partition coefficient (Wildman–Crippen LogP) is 5.33. The molecule has 0 unspecified atom stereocenters. The number of anilines is 1. The highest BCUT2D eigenvalue weighted by atomic mass is 35.5. The molecule has 0 fully saturated rings. The minimum atomic E-state index is -0.298. The van der Waals surface area contributed by atoms with E-state index in [0.717, 1.165) is 41.8 Å². The summed E-state index contributed by atoms with van der Waals surface area (Å²) < 4.78 is 5.05. The van der Waals surface area contributed by atoms with Crippen LogP contribution in [0.2, 0.25) is 5.02 Å². The predicted molar refractivity (Wildman–Crippen MR) is 116 cm³/mol.